The van der Waals surface area contributed by atoms with E-state index in [0.29, 0.717) is 6.54 Å². The maximum Gasteiger partial charge on any atom is 0.224 e. The normalized spacial score (nSPS) is 14.2. The maximum atomic E-state index is 10.9. The van der Waals surface area contributed by atoms with E-state index in [1.165, 1.54) is 0 Å². The van der Waals surface area contributed by atoms with Gasteiger partial charge in [0.15, 0.2) is 0 Å². The summed E-state index contributed by atoms with van der Waals surface area (Å²) in [7, 11) is 1.66. The molecule has 0 rings (SSSR count). The molecule has 3 N–H and O–H groups in total. The van der Waals surface area contributed by atoms with Gasteiger partial charge in [0.05, 0.1) is 11.5 Å². The van der Waals surface area contributed by atoms with Crippen LogP contribution in [0.25, 0.3) is 0 Å². The summed E-state index contributed by atoms with van der Waals surface area (Å²) in [5, 5.41) is 3.13. The second kappa shape index (κ2) is 5.19. The summed E-state index contributed by atoms with van der Waals surface area (Å²) < 4.78 is 5.05. The van der Waals surface area contributed by atoms with Crippen molar-refractivity contribution < 1.29 is 9.53 Å². The molecule has 0 aromatic rings. The van der Waals surface area contributed by atoms with Crippen molar-refractivity contribution in [3.63, 3.8) is 0 Å². The van der Waals surface area contributed by atoms with Gasteiger partial charge in [-0.15, -0.1) is 0 Å². The van der Waals surface area contributed by atoms with E-state index in [0.717, 1.165) is 6.54 Å². The fraction of sp³-hybridized carbons (Fsp3) is 0.889. The predicted molar refractivity (Wildman–Crippen MR) is 52.3 cm³/mol. The molecule has 0 aromatic carbocycles. The fourth-order valence-corrected chi connectivity index (χ4v) is 0.758. The van der Waals surface area contributed by atoms with Gasteiger partial charge in [0.25, 0.3) is 0 Å². The van der Waals surface area contributed by atoms with Gasteiger partial charge in [0, 0.05) is 20.2 Å². The zero-order valence-corrected chi connectivity index (χ0v) is 8.89. The first-order valence-corrected chi connectivity index (χ1v) is 4.43. The molecule has 0 spiro atoms. The van der Waals surface area contributed by atoms with Gasteiger partial charge < -0.3 is 15.8 Å². The highest BCUT2D eigenvalue weighted by molar-refractivity contribution is 5.80. The minimum Gasteiger partial charge on any atom is -0.380 e. The SMILES string of the molecule is COC(C)CNCC(C)(C)C(N)=O. The number of primary amides is 1. The second-order valence-corrected chi connectivity index (χ2v) is 3.93. The van der Waals surface area contributed by atoms with Gasteiger partial charge in [0.1, 0.15) is 0 Å². The Kier molecular flexibility index (Phi) is 4.95. The number of carbonyl (C=O) groups excluding carboxylic acids is 1. The summed E-state index contributed by atoms with van der Waals surface area (Å²) in [6.07, 6.45) is 0.156. The van der Waals surface area contributed by atoms with Gasteiger partial charge in [-0.25, -0.2) is 0 Å². The van der Waals surface area contributed by atoms with Crippen LogP contribution in [0.4, 0.5) is 0 Å². The van der Waals surface area contributed by atoms with E-state index in [4.69, 9.17) is 10.5 Å². The van der Waals surface area contributed by atoms with Gasteiger partial charge in [0.2, 0.25) is 5.91 Å². The summed E-state index contributed by atoms with van der Waals surface area (Å²) in [4.78, 5) is 10.9. The lowest BCUT2D eigenvalue weighted by atomic mass is 9.93. The highest BCUT2D eigenvalue weighted by Crippen LogP contribution is 2.11. The first-order chi connectivity index (χ1) is 5.90. The number of amides is 1. The molecule has 0 fully saturated rings. The number of methoxy groups -OCH3 is 1. The Morgan fingerprint density at radius 2 is 2.15 bits per heavy atom. The number of hydrogen-bond donors (Lipinski definition) is 2. The standard InChI is InChI=1S/C9H20N2O2/c1-7(13-4)5-11-6-9(2,3)8(10)12/h7,11H,5-6H2,1-4H3,(H2,10,12). The summed E-state index contributed by atoms with van der Waals surface area (Å²) in [5.74, 6) is -0.287. The molecule has 78 valence electrons. The summed E-state index contributed by atoms with van der Waals surface area (Å²) in [6, 6.07) is 0. The Morgan fingerprint density at radius 1 is 1.62 bits per heavy atom. The molecule has 0 aliphatic rings. The third-order valence-electron chi connectivity index (χ3n) is 2.07. The van der Waals surface area contributed by atoms with Crippen LogP contribution in [0.1, 0.15) is 20.8 Å². The van der Waals surface area contributed by atoms with Crippen LogP contribution >= 0.6 is 0 Å². The van der Waals surface area contributed by atoms with Crippen molar-refractivity contribution in [2.75, 3.05) is 20.2 Å². The smallest absolute Gasteiger partial charge is 0.224 e. The third kappa shape index (κ3) is 4.85. The van der Waals surface area contributed by atoms with Crippen molar-refractivity contribution in [1.29, 1.82) is 0 Å². The molecule has 1 atom stereocenters. The molecule has 0 bridgehead atoms. The Hall–Kier alpha value is -0.610. The largest absolute Gasteiger partial charge is 0.380 e. The number of nitrogens with two attached hydrogens (primary N) is 1. The Labute approximate surface area is 79.8 Å². The summed E-state index contributed by atoms with van der Waals surface area (Å²) in [6.45, 7) is 6.91. The lowest BCUT2D eigenvalue weighted by Crippen LogP contribution is -2.42. The second-order valence-electron chi connectivity index (χ2n) is 3.93. The zero-order valence-electron chi connectivity index (χ0n) is 8.89. The van der Waals surface area contributed by atoms with Gasteiger partial charge in [-0.05, 0) is 20.8 Å². The zero-order chi connectivity index (χ0) is 10.5. The van der Waals surface area contributed by atoms with Crippen LogP contribution < -0.4 is 11.1 Å². The lowest BCUT2D eigenvalue weighted by Gasteiger charge is -2.21. The van der Waals surface area contributed by atoms with Crippen LogP contribution in [0.2, 0.25) is 0 Å². The van der Waals surface area contributed by atoms with Crippen LogP contribution in [-0.4, -0.2) is 32.2 Å². The maximum absolute atomic E-state index is 10.9. The van der Waals surface area contributed by atoms with Crippen molar-refractivity contribution in [2.45, 2.75) is 26.9 Å². The molecular weight excluding hydrogens is 168 g/mol. The van der Waals surface area contributed by atoms with Crippen molar-refractivity contribution in [3.8, 4) is 0 Å². The first kappa shape index (κ1) is 12.4. The average molecular weight is 188 g/mol. The molecule has 0 aliphatic carbocycles. The molecule has 1 unspecified atom stereocenters. The van der Waals surface area contributed by atoms with Crippen LogP contribution in [0.15, 0.2) is 0 Å². The fourth-order valence-electron chi connectivity index (χ4n) is 0.758. The Bertz CT molecular complexity index is 169. The topological polar surface area (TPSA) is 64.3 Å². The minimum absolute atomic E-state index is 0.156. The summed E-state index contributed by atoms with van der Waals surface area (Å²) in [5.41, 5.74) is 4.72. The molecular formula is C9H20N2O2. The van der Waals surface area contributed by atoms with E-state index >= 15 is 0 Å². The van der Waals surface area contributed by atoms with Crippen LogP contribution in [0, 0.1) is 5.41 Å². The molecule has 0 heterocycles. The average Bonchev–Trinajstić information content (AvgIpc) is 2.03. The van der Waals surface area contributed by atoms with Gasteiger partial charge in [-0.1, -0.05) is 0 Å². The van der Waals surface area contributed by atoms with Crippen LogP contribution in [0.3, 0.4) is 0 Å². The van der Waals surface area contributed by atoms with Gasteiger partial charge >= 0.3 is 0 Å². The molecule has 0 radical (unpaired) electrons. The molecule has 13 heavy (non-hydrogen) atoms. The van der Waals surface area contributed by atoms with Gasteiger partial charge in [-0.3, -0.25) is 4.79 Å². The molecule has 1 amide bonds. The molecule has 4 heteroatoms. The molecule has 0 aromatic heterocycles. The molecule has 0 saturated carbocycles. The van der Waals surface area contributed by atoms with Crippen molar-refractivity contribution in [1.82, 2.24) is 5.32 Å². The minimum atomic E-state index is -0.493. The number of rotatable bonds is 6. The number of nitrogens with one attached hydrogen (secondary N) is 1. The van der Waals surface area contributed by atoms with Gasteiger partial charge in [-0.2, -0.15) is 0 Å². The monoisotopic (exact) mass is 188 g/mol. The van der Waals surface area contributed by atoms with E-state index < -0.39 is 5.41 Å². The van der Waals surface area contributed by atoms with E-state index in [1.54, 1.807) is 7.11 Å². The van der Waals surface area contributed by atoms with E-state index in [1.807, 2.05) is 20.8 Å². The van der Waals surface area contributed by atoms with Crippen molar-refractivity contribution in [3.05, 3.63) is 0 Å². The highest BCUT2D eigenvalue weighted by Gasteiger charge is 2.24. The van der Waals surface area contributed by atoms with E-state index in [-0.39, 0.29) is 12.0 Å². The first-order valence-electron chi connectivity index (χ1n) is 4.43. The van der Waals surface area contributed by atoms with E-state index in [2.05, 4.69) is 5.32 Å². The van der Waals surface area contributed by atoms with Crippen molar-refractivity contribution in [2.24, 2.45) is 11.1 Å². The van der Waals surface area contributed by atoms with Crippen molar-refractivity contribution >= 4 is 5.91 Å². The molecule has 0 saturated heterocycles. The van der Waals surface area contributed by atoms with Crippen LogP contribution in [-0.2, 0) is 9.53 Å². The Morgan fingerprint density at radius 3 is 2.54 bits per heavy atom. The number of ether oxygens (including phenoxy) is 1. The number of hydrogen-bond acceptors (Lipinski definition) is 3. The van der Waals surface area contributed by atoms with E-state index in [9.17, 15) is 4.79 Å². The highest BCUT2D eigenvalue weighted by atomic mass is 16.5. The molecule has 4 nitrogen and oxygen atoms in total. The number of carbonyl (C=O) groups is 1. The third-order valence-corrected chi connectivity index (χ3v) is 2.07. The van der Waals surface area contributed by atoms with Crippen LogP contribution in [0.5, 0.6) is 0 Å². The predicted octanol–water partition coefficient (Wildman–Crippen LogP) is 0.122. The summed E-state index contributed by atoms with van der Waals surface area (Å²) >= 11 is 0. The quantitative estimate of drug-likeness (QED) is 0.622. The Balaban J connectivity index is 3.70. The molecule has 0 aliphatic heterocycles. The lowest BCUT2D eigenvalue weighted by molar-refractivity contribution is -0.125.